The third-order valence-corrected chi connectivity index (χ3v) is 4.18. The fraction of sp³-hybridized carbons (Fsp3) is 0.318. The summed E-state index contributed by atoms with van der Waals surface area (Å²) in [6, 6.07) is 10.9. The molecule has 6 heteroatoms. The maximum Gasteiger partial charge on any atom is 0.248 e. The largest absolute Gasteiger partial charge is 0.493 e. The van der Waals surface area contributed by atoms with E-state index in [0.717, 1.165) is 18.4 Å². The van der Waals surface area contributed by atoms with Crippen LogP contribution < -0.4 is 24.3 Å². The van der Waals surface area contributed by atoms with Crippen LogP contribution in [0.5, 0.6) is 23.0 Å². The summed E-state index contributed by atoms with van der Waals surface area (Å²) in [4.78, 5) is 12.2. The van der Waals surface area contributed by atoms with Crippen molar-refractivity contribution in [2.24, 2.45) is 0 Å². The highest BCUT2D eigenvalue weighted by Crippen LogP contribution is 2.32. The molecule has 0 bridgehead atoms. The van der Waals surface area contributed by atoms with Crippen molar-refractivity contribution >= 4 is 17.7 Å². The highest BCUT2D eigenvalue weighted by Gasteiger charge is 2.12. The Hall–Kier alpha value is -3.15. The Labute approximate surface area is 165 Å². The molecule has 1 N–H and O–H groups in total. The van der Waals surface area contributed by atoms with E-state index in [4.69, 9.17) is 18.9 Å². The quantitative estimate of drug-likeness (QED) is 0.544. The van der Waals surface area contributed by atoms with Gasteiger partial charge in [-0.3, -0.25) is 4.79 Å². The van der Waals surface area contributed by atoms with Gasteiger partial charge in [-0.15, -0.1) is 0 Å². The van der Waals surface area contributed by atoms with Crippen LogP contribution in [-0.4, -0.2) is 32.8 Å². The molecule has 0 saturated heterocycles. The summed E-state index contributed by atoms with van der Waals surface area (Å²) in [5, 5.41) is 2.82. The van der Waals surface area contributed by atoms with Gasteiger partial charge in [0.25, 0.3) is 0 Å². The minimum absolute atomic E-state index is 0.237. The molecule has 0 fully saturated rings. The SMILES string of the molecule is CCCCOc1ccc(/C=C/C(=O)Nc2ccc3c(c2)OCCO3)cc1OC. The van der Waals surface area contributed by atoms with Crippen molar-refractivity contribution in [3.8, 4) is 23.0 Å². The predicted octanol–water partition coefficient (Wildman–Crippen LogP) is 4.30. The first-order valence-corrected chi connectivity index (χ1v) is 9.39. The minimum atomic E-state index is -0.237. The van der Waals surface area contributed by atoms with Gasteiger partial charge in [-0.2, -0.15) is 0 Å². The molecular weight excluding hydrogens is 358 g/mol. The number of carbonyl (C=O) groups excluding carboxylic acids is 1. The van der Waals surface area contributed by atoms with Gasteiger partial charge >= 0.3 is 0 Å². The van der Waals surface area contributed by atoms with Crippen LogP contribution in [0.2, 0.25) is 0 Å². The zero-order valence-corrected chi connectivity index (χ0v) is 16.2. The first kappa shape index (κ1) is 19.6. The third kappa shape index (κ3) is 5.19. The van der Waals surface area contributed by atoms with Gasteiger partial charge in [-0.25, -0.2) is 0 Å². The first-order valence-electron chi connectivity index (χ1n) is 9.39. The molecule has 1 aliphatic heterocycles. The van der Waals surface area contributed by atoms with Crippen molar-refractivity contribution in [3.05, 3.63) is 48.0 Å². The van der Waals surface area contributed by atoms with Crippen LogP contribution in [0.4, 0.5) is 5.69 Å². The lowest BCUT2D eigenvalue weighted by Gasteiger charge is -2.18. The zero-order valence-electron chi connectivity index (χ0n) is 16.2. The third-order valence-electron chi connectivity index (χ3n) is 4.18. The molecule has 0 radical (unpaired) electrons. The van der Waals surface area contributed by atoms with E-state index in [1.54, 1.807) is 31.4 Å². The molecular formula is C22H25NO5. The second-order valence-electron chi connectivity index (χ2n) is 6.29. The monoisotopic (exact) mass is 383 g/mol. The van der Waals surface area contributed by atoms with Gasteiger partial charge in [0, 0.05) is 17.8 Å². The van der Waals surface area contributed by atoms with Crippen molar-refractivity contribution in [3.63, 3.8) is 0 Å². The number of nitrogens with one attached hydrogen (secondary N) is 1. The maximum atomic E-state index is 12.2. The fourth-order valence-electron chi connectivity index (χ4n) is 2.71. The average Bonchev–Trinajstić information content (AvgIpc) is 2.73. The van der Waals surface area contributed by atoms with Gasteiger partial charge in [0.05, 0.1) is 13.7 Å². The lowest BCUT2D eigenvalue weighted by atomic mass is 10.2. The number of rotatable bonds is 8. The summed E-state index contributed by atoms with van der Waals surface area (Å²) in [5.41, 5.74) is 1.49. The fourth-order valence-corrected chi connectivity index (χ4v) is 2.71. The number of benzene rings is 2. The van der Waals surface area contributed by atoms with Crippen LogP contribution in [0.1, 0.15) is 25.3 Å². The molecule has 0 atom stereocenters. The Morgan fingerprint density at radius 3 is 2.71 bits per heavy atom. The molecule has 6 nitrogen and oxygen atoms in total. The van der Waals surface area contributed by atoms with Gasteiger partial charge in [-0.1, -0.05) is 19.4 Å². The molecule has 0 spiro atoms. The van der Waals surface area contributed by atoms with E-state index in [1.807, 2.05) is 18.2 Å². The standard InChI is InChI=1S/C22H25NO5/c1-3-4-11-26-18-8-5-16(14-20(18)25-2)6-10-22(24)23-17-7-9-19-21(15-17)28-13-12-27-19/h5-10,14-15H,3-4,11-13H2,1-2H3,(H,23,24)/b10-6+. The molecule has 2 aromatic rings. The van der Waals surface area contributed by atoms with Gasteiger partial charge < -0.3 is 24.3 Å². The number of unbranched alkanes of at least 4 members (excludes halogenated alkanes) is 1. The number of ether oxygens (including phenoxy) is 4. The number of methoxy groups -OCH3 is 1. The number of fused-ring (bicyclic) bond motifs is 1. The van der Waals surface area contributed by atoms with Crippen LogP contribution >= 0.6 is 0 Å². The van der Waals surface area contributed by atoms with E-state index in [-0.39, 0.29) is 5.91 Å². The highest BCUT2D eigenvalue weighted by molar-refractivity contribution is 6.02. The van der Waals surface area contributed by atoms with Crippen molar-refractivity contribution in [1.29, 1.82) is 0 Å². The lowest BCUT2D eigenvalue weighted by molar-refractivity contribution is -0.111. The summed E-state index contributed by atoms with van der Waals surface area (Å²) in [6.07, 6.45) is 5.27. The van der Waals surface area contributed by atoms with E-state index in [9.17, 15) is 4.79 Å². The van der Waals surface area contributed by atoms with Crippen LogP contribution in [0.3, 0.4) is 0 Å². The molecule has 1 heterocycles. The molecule has 3 rings (SSSR count). The Morgan fingerprint density at radius 1 is 1.11 bits per heavy atom. The Bertz CT molecular complexity index is 847. The predicted molar refractivity (Wildman–Crippen MR) is 108 cm³/mol. The van der Waals surface area contributed by atoms with Crippen LogP contribution in [0, 0.1) is 0 Å². The van der Waals surface area contributed by atoms with Gasteiger partial charge in [0.15, 0.2) is 23.0 Å². The summed E-state index contributed by atoms with van der Waals surface area (Å²) < 4.78 is 22.1. The Balaban J connectivity index is 1.62. The molecule has 1 amide bonds. The number of anilines is 1. The minimum Gasteiger partial charge on any atom is -0.493 e. The normalized spacial score (nSPS) is 12.6. The topological polar surface area (TPSA) is 66.0 Å². The molecule has 0 aromatic heterocycles. The van der Waals surface area contributed by atoms with E-state index in [2.05, 4.69) is 12.2 Å². The van der Waals surface area contributed by atoms with Crippen molar-refractivity contribution in [1.82, 2.24) is 0 Å². The molecule has 1 aliphatic rings. The zero-order chi connectivity index (χ0) is 19.8. The van der Waals surface area contributed by atoms with Crippen LogP contribution in [-0.2, 0) is 4.79 Å². The van der Waals surface area contributed by atoms with Gasteiger partial charge in [-0.05, 0) is 42.3 Å². The molecule has 28 heavy (non-hydrogen) atoms. The molecule has 148 valence electrons. The first-order chi connectivity index (χ1) is 13.7. The van der Waals surface area contributed by atoms with E-state index in [0.29, 0.717) is 48.5 Å². The van der Waals surface area contributed by atoms with Gasteiger partial charge in [0.1, 0.15) is 13.2 Å². The Morgan fingerprint density at radius 2 is 1.93 bits per heavy atom. The van der Waals surface area contributed by atoms with Crippen molar-refractivity contribution in [2.75, 3.05) is 32.2 Å². The maximum absolute atomic E-state index is 12.2. The average molecular weight is 383 g/mol. The number of hydrogen-bond donors (Lipinski definition) is 1. The summed E-state index contributed by atoms with van der Waals surface area (Å²) in [6.45, 7) is 3.81. The highest BCUT2D eigenvalue weighted by atomic mass is 16.6. The van der Waals surface area contributed by atoms with Crippen molar-refractivity contribution in [2.45, 2.75) is 19.8 Å². The Kier molecular flexibility index (Phi) is 6.78. The second kappa shape index (κ2) is 9.69. The second-order valence-corrected chi connectivity index (χ2v) is 6.29. The smallest absolute Gasteiger partial charge is 0.248 e. The van der Waals surface area contributed by atoms with Gasteiger partial charge in [0.2, 0.25) is 5.91 Å². The molecule has 2 aromatic carbocycles. The number of amides is 1. The van der Waals surface area contributed by atoms with E-state index in [1.165, 1.54) is 6.08 Å². The van der Waals surface area contributed by atoms with E-state index < -0.39 is 0 Å². The summed E-state index contributed by atoms with van der Waals surface area (Å²) in [5.74, 6) is 2.43. The summed E-state index contributed by atoms with van der Waals surface area (Å²) in [7, 11) is 1.60. The van der Waals surface area contributed by atoms with Crippen LogP contribution in [0.15, 0.2) is 42.5 Å². The lowest BCUT2D eigenvalue weighted by Crippen LogP contribution is -2.16. The van der Waals surface area contributed by atoms with E-state index >= 15 is 0 Å². The van der Waals surface area contributed by atoms with Crippen LogP contribution in [0.25, 0.3) is 6.08 Å². The number of hydrogen-bond acceptors (Lipinski definition) is 5. The molecule has 0 unspecified atom stereocenters. The number of carbonyl (C=O) groups is 1. The van der Waals surface area contributed by atoms with Crippen molar-refractivity contribution < 1.29 is 23.7 Å². The summed E-state index contributed by atoms with van der Waals surface area (Å²) >= 11 is 0. The molecule has 0 aliphatic carbocycles. The molecule has 0 saturated carbocycles.